The number of rotatable bonds is 2. The van der Waals surface area contributed by atoms with Gasteiger partial charge in [-0.25, -0.2) is 0 Å². The lowest BCUT2D eigenvalue weighted by molar-refractivity contribution is -0.560. The van der Waals surface area contributed by atoms with E-state index in [1.165, 1.54) is 0 Å². The second-order valence-electron chi connectivity index (χ2n) is 2.33. The van der Waals surface area contributed by atoms with Crippen molar-refractivity contribution < 1.29 is 4.92 Å². The second-order valence-corrected chi connectivity index (χ2v) is 3.31. The Kier molecular flexibility index (Phi) is 1.66. The van der Waals surface area contributed by atoms with Crippen LogP contribution in [-0.2, 0) is 0 Å². The van der Waals surface area contributed by atoms with E-state index < -0.39 is 5.54 Å². The summed E-state index contributed by atoms with van der Waals surface area (Å²) in [7, 11) is 0. The molecule has 0 aromatic rings. The summed E-state index contributed by atoms with van der Waals surface area (Å²) in [5.41, 5.74) is -0.551. The van der Waals surface area contributed by atoms with Crippen LogP contribution in [0.4, 0.5) is 0 Å². The van der Waals surface area contributed by atoms with Gasteiger partial charge in [0.05, 0.1) is 11.5 Å². The largest absolute Gasteiger partial charge is 0.264 e. The Hall–Kier alpha value is -0.250. The van der Waals surface area contributed by atoms with Crippen LogP contribution in [0.3, 0.4) is 0 Å². The standard InChI is InChI=1S/C5H9NO2S/c1-2-5(6(7)8)3-9-4-5/h2-4H2,1H3. The maximum Gasteiger partial charge on any atom is 0.239 e. The van der Waals surface area contributed by atoms with Crippen LogP contribution in [0, 0.1) is 10.1 Å². The van der Waals surface area contributed by atoms with Gasteiger partial charge in [-0.3, -0.25) is 10.1 Å². The minimum atomic E-state index is -0.551. The molecule has 4 heteroatoms. The Morgan fingerprint density at radius 1 is 1.78 bits per heavy atom. The molecule has 1 heterocycles. The van der Waals surface area contributed by atoms with Crippen molar-refractivity contribution in [1.29, 1.82) is 0 Å². The second kappa shape index (κ2) is 2.17. The molecule has 1 rings (SSSR count). The van der Waals surface area contributed by atoms with Crippen LogP contribution >= 0.6 is 11.8 Å². The Morgan fingerprint density at radius 2 is 2.33 bits per heavy atom. The van der Waals surface area contributed by atoms with Crippen molar-refractivity contribution in [1.82, 2.24) is 0 Å². The van der Waals surface area contributed by atoms with Gasteiger partial charge in [-0.15, -0.1) is 11.8 Å². The van der Waals surface area contributed by atoms with Gasteiger partial charge in [0.15, 0.2) is 0 Å². The first-order valence-corrected chi connectivity index (χ1v) is 4.09. The normalized spacial score (nSPS) is 22.8. The molecule has 0 atom stereocenters. The van der Waals surface area contributed by atoms with Crippen molar-refractivity contribution >= 4 is 11.8 Å². The SMILES string of the molecule is CCC1([N+](=O)[O-])CSC1. The van der Waals surface area contributed by atoms with Crippen molar-refractivity contribution in [2.24, 2.45) is 0 Å². The molecule has 0 aromatic carbocycles. The number of nitro groups is 1. The maximum atomic E-state index is 10.3. The molecule has 0 aliphatic carbocycles. The van der Waals surface area contributed by atoms with Crippen LogP contribution in [0.2, 0.25) is 0 Å². The van der Waals surface area contributed by atoms with Gasteiger partial charge in [-0.2, -0.15) is 0 Å². The molecule has 1 aliphatic rings. The molecule has 0 saturated carbocycles. The van der Waals surface area contributed by atoms with Gasteiger partial charge in [-0.1, -0.05) is 6.92 Å². The Balaban J connectivity index is 2.57. The number of thioether (sulfide) groups is 1. The van der Waals surface area contributed by atoms with Crippen LogP contribution < -0.4 is 0 Å². The highest BCUT2D eigenvalue weighted by Gasteiger charge is 2.47. The van der Waals surface area contributed by atoms with Crippen molar-refractivity contribution in [2.75, 3.05) is 11.5 Å². The third-order valence-electron chi connectivity index (χ3n) is 1.79. The van der Waals surface area contributed by atoms with E-state index in [1.54, 1.807) is 11.8 Å². The molecule has 0 spiro atoms. The molecule has 0 radical (unpaired) electrons. The summed E-state index contributed by atoms with van der Waals surface area (Å²) < 4.78 is 0. The molecule has 0 bridgehead atoms. The molecule has 9 heavy (non-hydrogen) atoms. The fourth-order valence-electron chi connectivity index (χ4n) is 0.776. The molecule has 1 aliphatic heterocycles. The minimum Gasteiger partial charge on any atom is -0.264 e. The molecule has 0 amide bonds. The van der Waals surface area contributed by atoms with E-state index in [9.17, 15) is 10.1 Å². The quantitative estimate of drug-likeness (QED) is 0.435. The first kappa shape index (κ1) is 6.86. The van der Waals surface area contributed by atoms with E-state index in [0.29, 0.717) is 17.9 Å². The smallest absolute Gasteiger partial charge is 0.239 e. The van der Waals surface area contributed by atoms with E-state index in [-0.39, 0.29) is 4.92 Å². The van der Waals surface area contributed by atoms with Crippen LogP contribution in [0.5, 0.6) is 0 Å². The number of nitrogens with zero attached hydrogens (tertiary/aromatic N) is 1. The van der Waals surface area contributed by atoms with E-state index in [0.717, 1.165) is 0 Å². The summed E-state index contributed by atoms with van der Waals surface area (Å²) >= 11 is 1.66. The average molecular weight is 147 g/mol. The zero-order valence-electron chi connectivity index (χ0n) is 5.29. The van der Waals surface area contributed by atoms with Crippen molar-refractivity contribution in [2.45, 2.75) is 18.9 Å². The molecule has 0 unspecified atom stereocenters. The van der Waals surface area contributed by atoms with E-state index >= 15 is 0 Å². The maximum absolute atomic E-state index is 10.3. The molecule has 52 valence electrons. The molecule has 1 saturated heterocycles. The van der Waals surface area contributed by atoms with Crippen molar-refractivity contribution in [3.8, 4) is 0 Å². The predicted molar refractivity (Wildman–Crippen MR) is 37.3 cm³/mol. The molecular weight excluding hydrogens is 138 g/mol. The van der Waals surface area contributed by atoms with Crippen molar-refractivity contribution in [3.05, 3.63) is 10.1 Å². The van der Waals surface area contributed by atoms with Crippen molar-refractivity contribution in [3.63, 3.8) is 0 Å². The average Bonchev–Trinajstić information content (AvgIpc) is 1.62. The highest BCUT2D eigenvalue weighted by atomic mass is 32.2. The summed E-state index contributed by atoms with van der Waals surface area (Å²) in [5.74, 6) is 1.41. The van der Waals surface area contributed by atoms with Gasteiger partial charge in [-0.05, 0) is 0 Å². The third kappa shape index (κ3) is 0.913. The Bertz CT molecular complexity index is 127. The third-order valence-corrected chi connectivity index (χ3v) is 3.27. The summed E-state index contributed by atoms with van der Waals surface area (Å²) in [5, 5.41) is 10.3. The summed E-state index contributed by atoms with van der Waals surface area (Å²) in [6.07, 6.45) is 0.674. The van der Waals surface area contributed by atoms with Gasteiger partial charge in [0, 0.05) is 11.3 Å². The highest BCUT2D eigenvalue weighted by molar-refractivity contribution is 8.00. The van der Waals surface area contributed by atoms with E-state index in [2.05, 4.69) is 0 Å². The summed E-state index contributed by atoms with van der Waals surface area (Å²) in [6.45, 7) is 1.88. The fourth-order valence-corrected chi connectivity index (χ4v) is 2.07. The first-order chi connectivity index (χ1) is 4.21. The molecule has 1 fully saturated rings. The monoisotopic (exact) mass is 147 g/mol. The van der Waals surface area contributed by atoms with Gasteiger partial charge in [0.2, 0.25) is 5.54 Å². The predicted octanol–water partition coefficient (Wildman–Crippen LogP) is 1.16. The zero-order chi connectivity index (χ0) is 6.91. The van der Waals surface area contributed by atoms with E-state index in [1.807, 2.05) is 6.92 Å². The Labute approximate surface area is 58.0 Å². The molecule has 0 N–H and O–H groups in total. The highest BCUT2D eigenvalue weighted by Crippen LogP contribution is 2.34. The molecular formula is C5H9NO2S. The Morgan fingerprint density at radius 3 is 2.33 bits per heavy atom. The summed E-state index contributed by atoms with van der Waals surface area (Å²) in [6, 6.07) is 0. The number of hydrogen-bond donors (Lipinski definition) is 0. The lowest BCUT2D eigenvalue weighted by atomic mass is 10.0. The lowest BCUT2D eigenvalue weighted by Gasteiger charge is -2.30. The summed E-state index contributed by atoms with van der Waals surface area (Å²) in [4.78, 5) is 10.2. The van der Waals surface area contributed by atoms with E-state index in [4.69, 9.17) is 0 Å². The van der Waals surface area contributed by atoms with Gasteiger partial charge < -0.3 is 0 Å². The first-order valence-electron chi connectivity index (χ1n) is 2.93. The minimum absolute atomic E-state index is 0.135. The molecule has 3 nitrogen and oxygen atoms in total. The lowest BCUT2D eigenvalue weighted by Crippen LogP contribution is -2.49. The van der Waals surface area contributed by atoms with Crippen LogP contribution in [0.1, 0.15) is 13.3 Å². The topological polar surface area (TPSA) is 43.1 Å². The van der Waals surface area contributed by atoms with Gasteiger partial charge >= 0.3 is 0 Å². The van der Waals surface area contributed by atoms with Gasteiger partial charge in [0.1, 0.15) is 0 Å². The number of hydrogen-bond acceptors (Lipinski definition) is 3. The zero-order valence-corrected chi connectivity index (χ0v) is 6.11. The molecule has 0 aromatic heterocycles. The van der Waals surface area contributed by atoms with Crippen LogP contribution in [-0.4, -0.2) is 22.0 Å². The van der Waals surface area contributed by atoms with Crippen LogP contribution in [0.15, 0.2) is 0 Å². The van der Waals surface area contributed by atoms with Gasteiger partial charge in [0.25, 0.3) is 0 Å². The van der Waals surface area contributed by atoms with Crippen LogP contribution in [0.25, 0.3) is 0 Å². The fraction of sp³-hybridized carbons (Fsp3) is 1.00.